The van der Waals surface area contributed by atoms with E-state index in [1.807, 2.05) is 0 Å². The molecule has 3 N–H and O–H groups in total. The smallest absolute Gasteiger partial charge is 0.220 e. The first kappa shape index (κ1) is 25.7. The maximum Gasteiger partial charge on any atom is 0.220 e. The maximum atomic E-state index is 13.7. The lowest BCUT2D eigenvalue weighted by atomic mass is 9.88. The Bertz CT molecular complexity index is 1080. The second-order valence-corrected chi connectivity index (χ2v) is 9.95. The minimum atomic E-state index is -0.793. The molecular formula is C27H33N3O6. The van der Waals surface area contributed by atoms with E-state index in [1.165, 1.54) is 18.2 Å². The normalized spacial score (nSPS) is 25.3. The van der Waals surface area contributed by atoms with Gasteiger partial charge in [-0.15, -0.1) is 0 Å². The van der Waals surface area contributed by atoms with Crippen LogP contribution in [-0.4, -0.2) is 53.2 Å². The lowest BCUT2D eigenvalue weighted by Crippen LogP contribution is -2.42. The number of hydrogen-bond donors (Lipinski definition) is 3. The Morgan fingerprint density at radius 2 is 0.972 bits per heavy atom. The molecule has 3 heterocycles. The quantitative estimate of drug-likeness (QED) is 0.518. The first-order valence-corrected chi connectivity index (χ1v) is 13.0. The number of hydrogen-bond acceptors (Lipinski definition) is 6. The molecule has 36 heavy (non-hydrogen) atoms. The molecule has 192 valence electrons. The van der Waals surface area contributed by atoms with E-state index in [4.69, 9.17) is 0 Å². The lowest BCUT2D eigenvalue weighted by Gasteiger charge is -2.21. The minimum absolute atomic E-state index is 0.0662. The fourth-order valence-corrected chi connectivity index (χ4v) is 5.20. The van der Waals surface area contributed by atoms with Crippen LogP contribution in [0.4, 0.5) is 0 Å². The summed E-state index contributed by atoms with van der Waals surface area (Å²) >= 11 is 0. The van der Waals surface area contributed by atoms with Crippen molar-refractivity contribution in [2.75, 3.05) is 0 Å². The summed E-state index contributed by atoms with van der Waals surface area (Å²) in [4.78, 5) is 76.7. The zero-order chi connectivity index (χ0) is 25.7. The average Bonchev–Trinajstić information content (AvgIpc) is 3.33. The zero-order valence-corrected chi connectivity index (χ0v) is 20.4. The van der Waals surface area contributed by atoms with Crippen molar-refractivity contribution in [1.82, 2.24) is 16.0 Å². The molecule has 0 aliphatic carbocycles. The van der Waals surface area contributed by atoms with E-state index in [9.17, 15) is 28.8 Å². The Kier molecular flexibility index (Phi) is 8.28. The van der Waals surface area contributed by atoms with Gasteiger partial charge in [0.25, 0.3) is 0 Å². The van der Waals surface area contributed by atoms with Gasteiger partial charge in [-0.25, -0.2) is 0 Å². The van der Waals surface area contributed by atoms with E-state index in [0.29, 0.717) is 70.6 Å². The average molecular weight is 496 g/mol. The highest BCUT2D eigenvalue weighted by atomic mass is 16.2. The number of benzene rings is 1. The number of ketones is 3. The van der Waals surface area contributed by atoms with E-state index < -0.39 is 23.9 Å². The van der Waals surface area contributed by atoms with Crippen LogP contribution in [0.3, 0.4) is 0 Å². The van der Waals surface area contributed by atoms with Crippen LogP contribution >= 0.6 is 0 Å². The Balaban J connectivity index is 1.69. The molecule has 9 nitrogen and oxygen atoms in total. The summed E-state index contributed by atoms with van der Waals surface area (Å²) in [5.41, 5.74) is 0.426. The highest BCUT2D eigenvalue weighted by Crippen LogP contribution is 2.24. The fourth-order valence-electron chi connectivity index (χ4n) is 5.20. The van der Waals surface area contributed by atoms with Crippen LogP contribution in [-0.2, 0) is 14.4 Å². The first-order chi connectivity index (χ1) is 17.3. The standard InChI is InChI=1S/C27H33N3O6/c31-22-10-4-1-7-19(28-22)25(34)16-13-14-17(26(35)20-8-2-5-11-23(32)29-20)18(15-16)27(36)21-9-3-6-12-24(33)30-21/h13-15,19-21H,1-12H2,(H,28,31)(H,29,32)(H,30,33). The number of carbonyl (C=O) groups excluding carboxylic acids is 6. The fraction of sp³-hybridized carbons (Fsp3) is 0.556. The van der Waals surface area contributed by atoms with Gasteiger partial charge in [-0.3, -0.25) is 28.8 Å². The van der Waals surface area contributed by atoms with Crippen LogP contribution in [0.1, 0.15) is 108 Å². The lowest BCUT2D eigenvalue weighted by molar-refractivity contribution is -0.122. The molecule has 1 aromatic rings. The SMILES string of the molecule is O=C1CCCCC(C(=O)c2ccc(C(=O)C3CCCCC(=O)N3)c(C(=O)C3CCCCC(=O)N3)c2)N1. The molecule has 9 heteroatoms. The van der Waals surface area contributed by atoms with Gasteiger partial charge in [0.05, 0.1) is 18.1 Å². The van der Waals surface area contributed by atoms with Crippen molar-refractivity contribution in [3.05, 3.63) is 34.9 Å². The molecule has 0 spiro atoms. The third kappa shape index (κ3) is 6.06. The summed E-state index contributed by atoms with van der Waals surface area (Å²) in [6.45, 7) is 0. The minimum Gasteiger partial charge on any atom is -0.346 e. The van der Waals surface area contributed by atoms with Crippen molar-refractivity contribution in [2.24, 2.45) is 0 Å². The summed E-state index contributed by atoms with van der Waals surface area (Å²) in [5.74, 6) is -1.72. The molecule has 3 aliphatic rings. The van der Waals surface area contributed by atoms with Gasteiger partial charge in [-0.05, 0) is 50.7 Å². The van der Waals surface area contributed by atoms with Crippen molar-refractivity contribution in [2.45, 2.75) is 95.2 Å². The summed E-state index contributed by atoms with van der Waals surface area (Å²) in [7, 11) is 0. The maximum absolute atomic E-state index is 13.7. The van der Waals surface area contributed by atoms with Crippen LogP contribution < -0.4 is 16.0 Å². The van der Waals surface area contributed by atoms with Gasteiger partial charge in [0.2, 0.25) is 17.7 Å². The van der Waals surface area contributed by atoms with Crippen LogP contribution in [0, 0.1) is 0 Å². The van der Waals surface area contributed by atoms with Crippen LogP contribution in [0.5, 0.6) is 0 Å². The van der Waals surface area contributed by atoms with Gasteiger partial charge in [-0.2, -0.15) is 0 Å². The Morgan fingerprint density at radius 1 is 0.556 bits per heavy atom. The number of rotatable bonds is 6. The first-order valence-electron chi connectivity index (χ1n) is 13.0. The third-order valence-electron chi connectivity index (χ3n) is 7.23. The van der Waals surface area contributed by atoms with Crippen LogP contribution in [0.2, 0.25) is 0 Å². The monoisotopic (exact) mass is 495 g/mol. The van der Waals surface area contributed by atoms with Crippen molar-refractivity contribution in [3.63, 3.8) is 0 Å². The van der Waals surface area contributed by atoms with Gasteiger partial charge in [0.1, 0.15) is 0 Å². The number of nitrogens with one attached hydrogen (secondary N) is 3. The molecule has 3 aliphatic heterocycles. The predicted molar refractivity (Wildman–Crippen MR) is 131 cm³/mol. The highest BCUT2D eigenvalue weighted by molar-refractivity contribution is 6.15. The van der Waals surface area contributed by atoms with Gasteiger partial charge in [0, 0.05) is 36.0 Å². The van der Waals surface area contributed by atoms with Gasteiger partial charge in [0.15, 0.2) is 17.3 Å². The molecular weight excluding hydrogens is 462 g/mol. The largest absolute Gasteiger partial charge is 0.346 e. The van der Waals surface area contributed by atoms with E-state index in [2.05, 4.69) is 16.0 Å². The van der Waals surface area contributed by atoms with Crippen LogP contribution in [0.25, 0.3) is 0 Å². The van der Waals surface area contributed by atoms with Gasteiger partial charge >= 0.3 is 0 Å². The molecule has 4 rings (SSSR count). The van der Waals surface area contributed by atoms with E-state index in [0.717, 1.165) is 6.42 Å². The number of carbonyl (C=O) groups is 6. The Labute approximate surface area is 210 Å². The summed E-state index contributed by atoms with van der Waals surface area (Å²) in [5, 5.41) is 8.27. The molecule has 0 aromatic heterocycles. The topological polar surface area (TPSA) is 139 Å². The van der Waals surface area contributed by atoms with Crippen molar-refractivity contribution in [3.8, 4) is 0 Å². The van der Waals surface area contributed by atoms with E-state index >= 15 is 0 Å². The molecule has 3 atom stereocenters. The third-order valence-corrected chi connectivity index (χ3v) is 7.23. The van der Waals surface area contributed by atoms with E-state index in [1.54, 1.807) is 0 Å². The van der Waals surface area contributed by atoms with Gasteiger partial charge in [-0.1, -0.05) is 25.3 Å². The number of amides is 3. The Morgan fingerprint density at radius 3 is 1.44 bits per heavy atom. The molecule has 0 bridgehead atoms. The molecule has 3 saturated heterocycles. The number of Topliss-reactive ketones (excluding diaryl/α,β-unsaturated/α-hetero) is 3. The molecule has 3 fully saturated rings. The molecule has 3 amide bonds. The van der Waals surface area contributed by atoms with Gasteiger partial charge < -0.3 is 16.0 Å². The second kappa shape index (κ2) is 11.6. The zero-order valence-electron chi connectivity index (χ0n) is 20.4. The van der Waals surface area contributed by atoms with E-state index in [-0.39, 0.29) is 46.0 Å². The summed E-state index contributed by atoms with van der Waals surface area (Å²) < 4.78 is 0. The van der Waals surface area contributed by atoms with Crippen molar-refractivity contribution >= 4 is 35.1 Å². The highest BCUT2D eigenvalue weighted by Gasteiger charge is 2.33. The molecule has 3 unspecified atom stereocenters. The predicted octanol–water partition coefficient (Wildman–Crippen LogP) is 2.41. The summed E-state index contributed by atoms with van der Waals surface area (Å²) in [6.07, 6.45) is 6.66. The molecule has 0 radical (unpaired) electrons. The Hall–Kier alpha value is -3.36. The second-order valence-electron chi connectivity index (χ2n) is 9.95. The summed E-state index contributed by atoms with van der Waals surface area (Å²) in [6, 6.07) is 2.16. The molecule has 0 saturated carbocycles. The molecule has 1 aromatic carbocycles. The van der Waals surface area contributed by atoms with Crippen LogP contribution in [0.15, 0.2) is 18.2 Å². The van der Waals surface area contributed by atoms with Crippen molar-refractivity contribution < 1.29 is 28.8 Å². The van der Waals surface area contributed by atoms with Crippen molar-refractivity contribution in [1.29, 1.82) is 0 Å².